The Morgan fingerprint density at radius 1 is 1.03 bits per heavy atom. The minimum atomic E-state index is -0.0941. The fourth-order valence-corrected chi connectivity index (χ4v) is 4.73. The van der Waals surface area contributed by atoms with E-state index < -0.39 is 0 Å². The van der Waals surface area contributed by atoms with Crippen molar-refractivity contribution in [1.82, 2.24) is 10.3 Å². The highest BCUT2D eigenvalue weighted by Crippen LogP contribution is 2.33. The van der Waals surface area contributed by atoms with Crippen molar-refractivity contribution in [1.29, 1.82) is 0 Å². The molecule has 6 nitrogen and oxygen atoms in total. The van der Waals surface area contributed by atoms with Crippen LogP contribution in [-0.4, -0.2) is 24.5 Å². The summed E-state index contributed by atoms with van der Waals surface area (Å²) in [6, 6.07) is 23.6. The van der Waals surface area contributed by atoms with E-state index in [1.54, 1.807) is 18.4 Å². The molecule has 4 aromatic rings. The number of rotatable bonds is 10. The second-order valence-corrected chi connectivity index (χ2v) is 8.97. The quantitative estimate of drug-likeness (QED) is 0.321. The number of anilines is 1. The molecule has 1 aromatic heterocycles. The molecule has 0 spiro atoms. The molecule has 0 radical (unpaired) electrons. The highest BCUT2D eigenvalue weighted by atomic mass is 32.1. The molecule has 4 rings (SSSR count). The molecule has 0 atom stereocenters. The predicted molar refractivity (Wildman–Crippen MR) is 143 cm³/mol. The normalized spacial score (nSPS) is 10.7. The number of nitrogens with one attached hydrogen (secondary N) is 1. The van der Waals surface area contributed by atoms with Crippen molar-refractivity contribution in [3.8, 4) is 17.0 Å². The van der Waals surface area contributed by atoms with Crippen LogP contribution >= 0.6 is 11.3 Å². The molecule has 0 saturated heterocycles. The van der Waals surface area contributed by atoms with Crippen LogP contribution < -0.4 is 20.7 Å². The third-order valence-electron chi connectivity index (χ3n) is 5.80. The second kappa shape index (κ2) is 11.6. The van der Waals surface area contributed by atoms with Gasteiger partial charge in [0.25, 0.3) is 5.91 Å². The van der Waals surface area contributed by atoms with Gasteiger partial charge in [-0.2, -0.15) is 0 Å². The van der Waals surface area contributed by atoms with Gasteiger partial charge in [-0.3, -0.25) is 4.79 Å². The summed E-state index contributed by atoms with van der Waals surface area (Å²) in [5.74, 6) is 0.719. The molecule has 1 amide bonds. The molecular weight excluding hydrogens is 456 g/mol. The lowest BCUT2D eigenvalue weighted by Gasteiger charge is -2.20. The lowest BCUT2D eigenvalue weighted by atomic mass is 10.1. The first-order valence-corrected chi connectivity index (χ1v) is 12.5. The Bertz CT molecular complexity index is 1270. The van der Waals surface area contributed by atoms with Gasteiger partial charge in [-0.05, 0) is 47.9 Å². The van der Waals surface area contributed by atoms with Crippen LogP contribution in [0.4, 0.5) is 5.13 Å². The number of benzene rings is 3. The molecule has 0 aliphatic carbocycles. The first-order valence-electron chi connectivity index (χ1n) is 11.6. The molecular formula is C28H30N4O2S. The highest BCUT2D eigenvalue weighted by Gasteiger charge is 2.14. The Balaban J connectivity index is 1.39. The topological polar surface area (TPSA) is 80.5 Å². The number of nitrogens with two attached hydrogens (primary N) is 1. The first kappa shape index (κ1) is 24.4. The van der Waals surface area contributed by atoms with Gasteiger partial charge in [0.1, 0.15) is 5.75 Å². The number of nitrogens with zero attached hydrogens (tertiary/aromatic N) is 2. The summed E-state index contributed by atoms with van der Waals surface area (Å²) in [6.45, 7) is 4.61. The van der Waals surface area contributed by atoms with Gasteiger partial charge in [0, 0.05) is 42.7 Å². The van der Waals surface area contributed by atoms with Gasteiger partial charge < -0.3 is 20.7 Å². The van der Waals surface area contributed by atoms with Gasteiger partial charge in [-0.25, -0.2) is 4.98 Å². The number of para-hydroxylation sites is 1. The zero-order valence-corrected chi connectivity index (χ0v) is 20.8. The largest absolute Gasteiger partial charge is 0.496 e. The number of ether oxygens (including phenoxy) is 1. The van der Waals surface area contributed by atoms with Crippen LogP contribution in [0.25, 0.3) is 11.3 Å². The SMILES string of the molecule is CCN(Cc1ccc(C(=O)NCc2cccc(CN)c2)cc1)c1nc(-c2ccccc2OC)cs1. The van der Waals surface area contributed by atoms with Gasteiger partial charge in [-0.15, -0.1) is 11.3 Å². The third kappa shape index (κ3) is 6.07. The third-order valence-corrected chi connectivity index (χ3v) is 6.70. The van der Waals surface area contributed by atoms with E-state index in [1.807, 2.05) is 72.8 Å². The van der Waals surface area contributed by atoms with Crippen LogP contribution in [0.2, 0.25) is 0 Å². The Kier molecular flexibility index (Phi) is 8.13. The average molecular weight is 487 g/mol. The molecule has 1 heterocycles. The summed E-state index contributed by atoms with van der Waals surface area (Å²) in [5.41, 5.74) is 11.4. The number of thiazole rings is 1. The number of carbonyl (C=O) groups is 1. The molecule has 0 bridgehead atoms. The van der Waals surface area contributed by atoms with Gasteiger partial charge in [0.05, 0.1) is 12.8 Å². The van der Waals surface area contributed by atoms with Crippen molar-refractivity contribution < 1.29 is 9.53 Å². The minimum Gasteiger partial charge on any atom is -0.496 e. The summed E-state index contributed by atoms with van der Waals surface area (Å²) >= 11 is 1.62. The summed E-state index contributed by atoms with van der Waals surface area (Å²) in [4.78, 5) is 19.7. The van der Waals surface area contributed by atoms with Crippen molar-refractivity contribution in [3.63, 3.8) is 0 Å². The predicted octanol–water partition coefficient (Wildman–Crippen LogP) is 5.23. The Labute approximate surface area is 210 Å². The molecule has 0 aliphatic heterocycles. The van der Waals surface area contributed by atoms with Crippen molar-refractivity contribution in [2.75, 3.05) is 18.6 Å². The molecule has 0 saturated carbocycles. The van der Waals surface area contributed by atoms with Crippen LogP contribution in [0, 0.1) is 0 Å². The number of aromatic nitrogens is 1. The fraction of sp³-hybridized carbons (Fsp3) is 0.214. The molecule has 0 aliphatic rings. The Hall–Kier alpha value is -3.68. The number of amides is 1. The second-order valence-electron chi connectivity index (χ2n) is 8.13. The standard InChI is InChI=1S/C28H30N4O2S/c1-3-32(28-31-25(19-35-28)24-9-4-5-10-26(24)34-2)18-20-11-13-23(14-12-20)27(33)30-17-22-8-6-7-21(15-22)16-29/h4-15,19H,3,16-18,29H2,1-2H3,(H,30,33). The van der Waals surface area contributed by atoms with Crippen molar-refractivity contribution in [2.24, 2.45) is 5.73 Å². The van der Waals surface area contributed by atoms with Crippen LogP contribution in [-0.2, 0) is 19.6 Å². The van der Waals surface area contributed by atoms with E-state index in [0.29, 0.717) is 25.2 Å². The fourth-order valence-electron chi connectivity index (χ4n) is 3.84. The molecule has 3 aromatic carbocycles. The van der Waals surface area contributed by atoms with Gasteiger partial charge in [-0.1, -0.05) is 48.5 Å². The number of carbonyl (C=O) groups excluding carboxylic acids is 1. The lowest BCUT2D eigenvalue weighted by Crippen LogP contribution is -2.23. The van der Waals surface area contributed by atoms with Crippen LogP contribution in [0.1, 0.15) is 34.0 Å². The smallest absolute Gasteiger partial charge is 0.251 e. The van der Waals surface area contributed by atoms with Crippen LogP contribution in [0.15, 0.2) is 78.2 Å². The van der Waals surface area contributed by atoms with Crippen molar-refractivity contribution >= 4 is 22.4 Å². The molecule has 180 valence electrons. The zero-order chi connectivity index (χ0) is 24.6. The summed E-state index contributed by atoms with van der Waals surface area (Å²) in [7, 11) is 1.67. The van der Waals surface area contributed by atoms with E-state index in [2.05, 4.69) is 22.5 Å². The van der Waals surface area contributed by atoms with Gasteiger partial charge in [0.2, 0.25) is 0 Å². The van der Waals surface area contributed by atoms with E-state index in [4.69, 9.17) is 15.5 Å². The molecule has 0 fully saturated rings. The van der Waals surface area contributed by atoms with E-state index in [9.17, 15) is 4.79 Å². The molecule has 0 unspecified atom stereocenters. The van der Waals surface area contributed by atoms with E-state index in [1.165, 1.54) is 0 Å². The lowest BCUT2D eigenvalue weighted by molar-refractivity contribution is 0.0951. The summed E-state index contributed by atoms with van der Waals surface area (Å²) in [6.07, 6.45) is 0. The van der Waals surface area contributed by atoms with Crippen LogP contribution in [0.3, 0.4) is 0 Å². The number of methoxy groups -OCH3 is 1. The summed E-state index contributed by atoms with van der Waals surface area (Å²) < 4.78 is 5.49. The van der Waals surface area contributed by atoms with Crippen molar-refractivity contribution in [2.45, 2.75) is 26.6 Å². The Morgan fingerprint density at radius 3 is 2.54 bits per heavy atom. The zero-order valence-electron chi connectivity index (χ0n) is 20.0. The highest BCUT2D eigenvalue weighted by molar-refractivity contribution is 7.14. The summed E-state index contributed by atoms with van der Waals surface area (Å²) in [5, 5.41) is 6.00. The molecule has 7 heteroatoms. The average Bonchev–Trinajstić information content (AvgIpc) is 3.40. The Morgan fingerprint density at radius 2 is 1.80 bits per heavy atom. The maximum absolute atomic E-state index is 12.6. The number of hydrogen-bond donors (Lipinski definition) is 2. The van der Waals surface area contributed by atoms with Gasteiger partial charge >= 0.3 is 0 Å². The minimum absolute atomic E-state index is 0.0941. The maximum Gasteiger partial charge on any atom is 0.251 e. The first-order chi connectivity index (χ1) is 17.1. The molecule has 3 N–H and O–H groups in total. The van der Waals surface area contributed by atoms with Crippen LogP contribution in [0.5, 0.6) is 5.75 Å². The maximum atomic E-state index is 12.6. The van der Waals surface area contributed by atoms with E-state index in [-0.39, 0.29) is 5.91 Å². The van der Waals surface area contributed by atoms with Gasteiger partial charge in [0.15, 0.2) is 5.13 Å². The van der Waals surface area contributed by atoms with E-state index >= 15 is 0 Å². The number of hydrogen-bond acceptors (Lipinski definition) is 6. The van der Waals surface area contributed by atoms with E-state index in [0.717, 1.165) is 45.4 Å². The molecule has 35 heavy (non-hydrogen) atoms. The van der Waals surface area contributed by atoms with Crippen molar-refractivity contribution in [3.05, 3.63) is 100 Å². The monoisotopic (exact) mass is 486 g/mol.